The van der Waals surface area contributed by atoms with Gasteiger partial charge in [-0.15, -0.1) is 0 Å². The van der Waals surface area contributed by atoms with E-state index in [0.29, 0.717) is 0 Å². The van der Waals surface area contributed by atoms with Crippen LogP contribution in [-0.4, -0.2) is 55.0 Å². The van der Waals surface area contributed by atoms with Crippen LogP contribution in [0.2, 0.25) is 0 Å². The Kier molecular flexibility index (Phi) is 9.00. The Balaban J connectivity index is 4.92. The number of ether oxygens (including phenoxy) is 2. The second-order valence-electron chi connectivity index (χ2n) is 4.60. The van der Waals surface area contributed by atoms with Gasteiger partial charge in [-0.05, 0) is 13.8 Å². The Labute approximate surface area is 128 Å². The number of halogens is 1. The summed E-state index contributed by atoms with van der Waals surface area (Å²) in [7, 11) is 0. The highest BCUT2D eigenvalue weighted by molar-refractivity contribution is 5.84. The van der Waals surface area contributed by atoms with Crippen molar-refractivity contribution in [3.8, 4) is 0 Å². The molecule has 2 N–H and O–H groups in total. The van der Waals surface area contributed by atoms with Crippen molar-refractivity contribution in [1.29, 1.82) is 0 Å². The number of hydrogen-bond donors (Lipinski definition) is 2. The maximum atomic E-state index is 13.3. The van der Waals surface area contributed by atoms with Gasteiger partial charge in [-0.1, -0.05) is 12.2 Å². The maximum Gasteiger partial charge on any atom is 0.335 e. The van der Waals surface area contributed by atoms with Crippen molar-refractivity contribution in [2.45, 2.75) is 38.3 Å². The lowest BCUT2D eigenvalue weighted by atomic mass is 9.90. The molecule has 0 aromatic rings. The lowest BCUT2D eigenvalue weighted by molar-refractivity contribution is -0.153. The standard InChI is InChI=1S/C14H22FNO6/c1-4-21-12(19)11(18)6-10(3)7-14(8-15,16-9-17)13(20)22-5-2/h9,11,18H,3-8H2,1-2H3,(H,16,17). The van der Waals surface area contributed by atoms with Gasteiger partial charge in [0.05, 0.1) is 13.2 Å². The molecule has 126 valence electrons. The summed E-state index contributed by atoms with van der Waals surface area (Å²) in [5, 5.41) is 11.7. The second kappa shape index (κ2) is 9.88. The molecule has 0 saturated carbocycles. The number of esters is 2. The van der Waals surface area contributed by atoms with Crippen LogP contribution >= 0.6 is 0 Å². The van der Waals surface area contributed by atoms with Crippen molar-refractivity contribution in [3.63, 3.8) is 0 Å². The van der Waals surface area contributed by atoms with Crippen molar-refractivity contribution in [1.82, 2.24) is 5.32 Å². The minimum absolute atomic E-state index is 0.0129. The summed E-state index contributed by atoms with van der Waals surface area (Å²) in [5.41, 5.74) is -1.72. The molecule has 0 saturated heterocycles. The van der Waals surface area contributed by atoms with Crippen LogP contribution in [0.25, 0.3) is 0 Å². The topological polar surface area (TPSA) is 102 Å². The zero-order chi connectivity index (χ0) is 17.2. The molecule has 0 rings (SSSR count). The van der Waals surface area contributed by atoms with Gasteiger partial charge in [-0.3, -0.25) is 4.79 Å². The molecule has 0 spiro atoms. The predicted octanol–water partition coefficient (Wildman–Crippen LogP) is 0.264. The number of rotatable bonds is 11. The first-order valence-electron chi connectivity index (χ1n) is 6.82. The van der Waals surface area contributed by atoms with E-state index in [1.54, 1.807) is 13.8 Å². The fraction of sp³-hybridized carbons (Fsp3) is 0.643. The lowest BCUT2D eigenvalue weighted by Gasteiger charge is -2.29. The Bertz CT molecular complexity index is 414. The molecule has 7 nitrogen and oxygen atoms in total. The number of nitrogens with one attached hydrogen (secondary N) is 1. The summed E-state index contributed by atoms with van der Waals surface area (Å²) >= 11 is 0. The first-order valence-corrected chi connectivity index (χ1v) is 6.82. The van der Waals surface area contributed by atoms with Gasteiger partial charge in [0, 0.05) is 12.8 Å². The number of alkyl halides is 1. The smallest absolute Gasteiger partial charge is 0.335 e. The minimum Gasteiger partial charge on any atom is -0.464 e. The van der Waals surface area contributed by atoms with Crippen LogP contribution in [-0.2, 0) is 23.9 Å². The molecule has 0 aliphatic carbocycles. The number of hydrogen-bond acceptors (Lipinski definition) is 6. The number of carbonyl (C=O) groups excluding carboxylic acids is 3. The highest BCUT2D eigenvalue weighted by Gasteiger charge is 2.41. The highest BCUT2D eigenvalue weighted by Crippen LogP contribution is 2.22. The second-order valence-corrected chi connectivity index (χ2v) is 4.60. The van der Waals surface area contributed by atoms with Crippen LogP contribution in [0.15, 0.2) is 12.2 Å². The Morgan fingerprint density at radius 3 is 2.41 bits per heavy atom. The molecule has 22 heavy (non-hydrogen) atoms. The molecule has 1 amide bonds. The van der Waals surface area contributed by atoms with Crippen LogP contribution in [0, 0.1) is 0 Å². The van der Waals surface area contributed by atoms with Crippen LogP contribution in [0.1, 0.15) is 26.7 Å². The van der Waals surface area contributed by atoms with Gasteiger partial charge in [0.15, 0.2) is 11.6 Å². The Morgan fingerprint density at radius 1 is 1.36 bits per heavy atom. The molecule has 2 unspecified atom stereocenters. The van der Waals surface area contributed by atoms with Crippen molar-refractivity contribution in [3.05, 3.63) is 12.2 Å². The van der Waals surface area contributed by atoms with Gasteiger partial charge in [-0.2, -0.15) is 0 Å². The first-order chi connectivity index (χ1) is 10.4. The first kappa shape index (κ1) is 20.0. The third-order valence-electron chi connectivity index (χ3n) is 2.82. The number of aliphatic hydroxyl groups excluding tert-OH is 1. The van der Waals surface area contributed by atoms with E-state index in [4.69, 9.17) is 4.74 Å². The van der Waals surface area contributed by atoms with Crippen molar-refractivity contribution in [2.24, 2.45) is 0 Å². The molecule has 0 aromatic heterocycles. The largest absolute Gasteiger partial charge is 0.464 e. The van der Waals surface area contributed by atoms with Crippen molar-refractivity contribution in [2.75, 3.05) is 19.9 Å². The van der Waals surface area contributed by atoms with Gasteiger partial charge in [0.25, 0.3) is 0 Å². The third kappa shape index (κ3) is 5.80. The summed E-state index contributed by atoms with van der Waals surface area (Å²) in [6.45, 7) is 5.63. The number of carbonyl (C=O) groups is 3. The summed E-state index contributed by atoms with van der Waals surface area (Å²) in [6.07, 6.45) is -1.81. The van der Waals surface area contributed by atoms with E-state index in [1.807, 2.05) is 0 Å². The molecule has 0 heterocycles. The molecular formula is C14H22FNO6. The fourth-order valence-electron chi connectivity index (χ4n) is 1.80. The monoisotopic (exact) mass is 319 g/mol. The molecule has 0 aromatic carbocycles. The fourth-order valence-corrected chi connectivity index (χ4v) is 1.80. The van der Waals surface area contributed by atoms with E-state index in [9.17, 15) is 23.9 Å². The number of amides is 1. The van der Waals surface area contributed by atoms with E-state index in [1.165, 1.54) is 0 Å². The molecule has 0 aliphatic heterocycles. The van der Waals surface area contributed by atoms with E-state index in [2.05, 4.69) is 16.6 Å². The predicted molar refractivity (Wildman–Crippen MR) is 75.6 cm³/mol. The Morgan fingerprint density at radius 2 is 1.95 bits per heavy atom. The van der Waals surface area contributed by atoms with Crippen molar-refractivity contribution < 1.29 is 33.4 Å². The molecule has 0 aliphatic rings. The van der Waals surface area contributed by atoms with E-state index < -0.39 is 30.3 Å². The minimum atomic E-state index is -1.91. The van der Waals surface area contributed by atoms with Gasteiger partial charge in [-0.25, -0.2) is 14.0 Å². The van der Waals surface area contributed by atoms with E-state index >= 15 is 0 Å². The molecular weight excluding hydrogens is 297 g/mol. The summed E-state index contributed by atoms with van der Waals surface area (Å²) in [5.74, 6) is -1.79. The van der Waals surface area contributed by atoms with E-state index in [0.717, 1.165) is 0 Å². The maximum absolute atomic E-state index is 13.3. The average Bonchev–Trinajstić information content (AvgIpc) is 2.46. The summed E-state index contributed by atoms with van der Waals surface area (Å²) in [6, 6.07) is 0. The van der Waals surface area contributed by atoms with Gasteiger partial charge in [0.2, 0.25) is 6.41 Å². The van der Waals surface area contributed by atoms with Crippen LogP contribution in [0.4, 0.5) is 4.39 Å². The normalized spacial score (nSPS) is 14.4. The molecule has 0 radical (unpaired) electrons. The Hall–Kier alpha value is -1.96. The SMILES string of the molecule is C=C(CC(O)C(=O)OCC)CC(CF)(NC=O)C(=O)OCC. The van der Waals surface area contributed by atoms with Gasteiger partial charge < -0.3 is 19.9 Å². The quantitative estimate of drug-likeness (QED) is 0.322. The third-order valence-corrected chi connectivity index (χ3v) is 2.82. The van der Waals surface area contributed by atoms with Crippen LogP contribution < -0.4 is 5.32 Å². The summed E-state index contributed by atoms with van der Waals surface area (Å²) < 4.78 is 22.7. The van der Waals surface area contributed by atoms with E-state index in [-0.39, 0.29) is 38.0 Å². The average molecular weight is 319 g/mol. The van der Waals surface area contributed by atoms with Gasteiger partial charge in [0.1, 0.15) is 6.67 Å². The van der Waals surface area contributed by atoms with Crippen LogP contribution in [0.5, 0.6) is 0 Å². The molecule has 0 fully saturated rings. The zero-order valence-corrected chi connectivity index (χ0v) is 12.8. The highest BCUT2D eigenvalue weighted by atomic mass is 19.1. The molecule has 8 heteroatoms. The molecule has 0 bridgehead atoms. The lowest BCUT2D eigenvalue weighted by Crippen LogP contribution is -2.54. The number of aliphatic hydroxyl groups is 1. The summed E-state index contributed by atoms with van der Waals surface area (Å²) in [4.78, 5) is 33.8. The van der Waals surface area contributed by atoms with Crippen LogP contribution in [0.3, 0.4) is 0 Å². The molecule has 2 atom stereocenters. The van der Waals surface area contributed by atoms with Gasteiger partial charge >= 0.3 is 11.9 Å². The zero-order valence-electron chi connectivity index (χ0n) is 12.8. The van der Waals surface area contributed by atoms with Crippen molar-refractivity contribution >= 4 is 18.3 Å².